The molecule has 0 radical (unpaired) electrons. The fourth-order valence-electron chi connectivity index (χ4n) is 1.34. The van der Waals surface area contributed by atoms with E-state index >= 15 is 0 Å². The minimum absolute atomic E-state index is 0.746. The zero-order valence-electron chi connectivity index (χ0n) is 8.99. The first kappa shape index (κ1) is 11.4. The van der Waals surface area contributed by atoms with Crippen molar-refractivity contribution in [3.05, 3.63) is 29.8 Å². The highest BCUT2D eigenvalue weighted by Crippen LogP contribution is 2.14. The zero-order valence-corrected chi connectivity index (χ0v) is 9.81. The van der Waals surface area contributed by atoms with Crippen molar-refractivity contribution in [2.75, 3.05) is 11.5 Å². The molecule has 0 atom stereocenters. The van der Waals surface area contributed by atoms with Gasteiger partial charge in [-0.2, -0.15) is 11.8 Å². The number of aryl methyl sites for hydroxylation is 1. The van der Waals surface area contributed by atoms with Crippen LogP contribution in [-0.4, -0.2) is 11.0 Å². The van der Waals surface area contributed by atoms with E-state index in [-0.39, 0.29) is 0 Å². The van der Waals surface area contributed by atoms with Gasteiger partial charge in [-0.3, -0.25) is 0 Å². The monoisotopic (exact) mass is 209 g/mol. The molecule has 0 spiro atoms. The van der Waals surface area contributed by atoms with Crippen molar-refractivity contribution in [1.29, 1.82) is 0 Å². The van der Waals surface area contributed by atoms with Crippen LogP contribution in [0.4, 0.5) is 5.69 Å². The van der Waals surface area contributed by atoms with Gasteiger partial charge >= 0.3 is 0 Å². The maximum absolute atomic E-state index is 5.71. The van der Waals surface area contributed by atoms with Gasteiger partial charge in [0, 0.05) is 5.69 Å². The Bertz CT molecular complexity index is 271. The first-order valence-electron chi connectivity index (χ1n) is 5.14. The Kier molecular flexibility index (Phi) is 4.88. The van der Waals surface area contributed by atoms with Crippen LogP contribution >= 0.6 is 11.8 Å². The first-order chi connectivity index (χ1) is 6.68. The first-order valence-corrected chi connectivity index (χ1v) is 6.19. The molecule has 78 valence electrons. The van der Waals surface area contributed by atoms with Crippen molar-refractivity contribution >= 4 is 17.4 Å². The summed E-state index contributed by atoms with van der Waals surface area (Å²) in [5.74, 6) is 1.24. The van der Waals surface area contributed by atoms with Gasteiger partial charge < -0.3 is 5.73 Å². The largest absolute Gasteiger partial charge is 0.399 e. The minimum atomic E-state index is 0.746. The van der Waals surface area contributed by atoms with Gasteiger partial charge in [0.05, 0.1) is 0 Å². The normalized spacial score (nSPS) is 10.8. The molecule has 0 aliphatic carbocycles. The van der Waals surface area contributed by atoms with Crippen molar-refractivity contribution in [1.82, 2.24) is 0 Å². The van der Waals surface area contributed by atoms with E-state index in [0.29, 0.717) is 0 Å². The van der Waals surface area contributed by atoms with Crippen molar-refractivity contribution in [2.45, 2.75) is 31.9 Å². The van der Waals surface area contributed by atoms with Crippen LogP contribution in [0.2, 0.25) is 0 Å². The second-order valence-electron chi connectivity index (χ2n) is 3.77. The number of thioether (sulfide) groups is 1. The molecular formula is C12H19NS. The third-order valence-electron chi connectivity index (χ3n) is 2.01. The summed E-state index contributed by atoms with van der Waals surface area (Å²) in [6.07, 6.45) is 2.39. The predicted octanol–water partition coefficient (Wildman–Crippen LogP) is 3.34. The molecule has 14 heavy (non-hydrogen) atoms. The van der Waals surface area contributed by atoms with Crippen LogP contribution < -0.4 is 5.73 Å². The molecule has 0 unspecified atom stereocenters. The van der Waals surface area contributed by atoms with E-state index in [4.69, 9.17) is 5.73 Å². The molecule has 2 heteroatoms. The molecule has 1 rings (SSSR count). The van der Waals surface area contributed by atoms with Gasteiger partial charge in [0.1, 0.15) is 0 Å². The molecule has 0 amide bonds. The number of benzene rings is 1. The smallest absolute Gasteiger partial charge is 0.0316 e. The van der Waals surface area contributed by atoms with Gasteiger partial charge in [-0.05, 0) is 41.5 Å². The summed E-state index contributed by atoms with van der Waals surface area (Å²) in [7, 11) is 0. The maximum atomic E-state index is 5.71. The van der Waals surface area contributed by atoms with Crippen LogP contribution in [0, 0.1) is 0 Å². The Morgan fingerprint density at radius 2 is 2.14 bits per heavy atom. The Morgan fingerprint density at radius 3 is 2.79 bits per heavy atom. The number of nitrogen functional groups attached to an aromatic ring is 1. The second kappa shape index (κ2) is 5.97. The molecule has 1 aromatic rings. The van der Waals surface area contributed by atoms with Crippen LogP contribution in [0.3, 0.4) is 0 Å². The van der Waals surface area contributed by atoms with Crippen molar-refractivity contribution < 1.29 is 0 Å². The molecule has 1 aromatic carbocycles. The molecule has 0 aliphatic heterocycles. The molecular weight excluding hydrogens is 190 g/mol. The SMILES string of the molecule is CC(C)SCCCc1cccc(N)c1. The third kappa shape index (κ3) is 4.56. The van der Waals surface area contributed by atoms with Gasteiger partial charge in [-0.15, -0.1) is 0 Å². The fourth-order valence-corrected chi connectivity index (χ4v) is 2.13. The van der Waals surface area contributed by atoms with E-state index in [1.807, 2.05) is 23.9 Å². The van der Waals surface area contributed by atoms with E-state index in [2.05, 4.69) is 26.0 Å². The van der Waals surface area contributed by atoms with Crippen molar-refractivity contribution in [3.8, 4) is 0 Å². The molecule has 1 nitrogen and oxygen atoms in total. The Morgan fingerprint density at radius 1 is 1.36 bits per heavy atom. The topological polar surface area (TPSA) is 26.0 Å². The van der Waals surface area contributed by atoms with E-state index < -0.39 is 0 Å². The maximum Gasteiger partial charge on any atom is 0.0316 e. The number of nitrogens with two attached hydrogens (primary N) is 1. The van der Waals surface area contributed by atoms with E-state index in [1.54, 1.807) is 0 Å². The van der Waals surface area contributed by atoms with Crippen LogP contribution in [-0.2, 0) is 6.42 Å². The molecule has 0 heterocycles. The highest BCUT2D eigenvalue weighted by molar-refractivity contribution is 7.99. The lowest BCUT2D eigenvalue weighted by atomic mass is 10.1. The van der Waals surface area contributed by atoms with Crippen molar-refractivity contribution in [2.24, 2.45) is 0 Å². The predicted molar refractivity (Wildman–Crippen MR) is 66.8 cm³/mol. The Labute approximate surface area is 91.1 Å². The minimum Gasteiger partial charge on any atom is -0.399 e. The van der Waals surface area contributed by atoms with E-state index in [1.165, 1.54) is 17.7 Å². The van der Waals surface area contributed by atoms with Gasteiger partial charge in [-0.25, -0.2) is 0 Å². The lowest BCUT2D eigenvalue weighted by molar-refractivity contribution is 0.928. The average molecular weight is 209 g/mol. The fraction of sp³-hybridized carbons (Fsp3) is 0.500. The van der Waals surface area contributed by atoms with Crippen LogP contribution in [0.5, 0.6) is 0 Å². The van der Waals surface area contributed by atoms with Gasteiger partial charge in [0.25, 0.3) is 0 Å². The van der Waals surface area contributed by atoms with E-state index in [0.717, 1.165) is 17.4 Å². The van der Waals surface area contributed by atoms with Crippen molar-refractivity contribution in [3.63, 3.8) is 0 Å². The van der Waals surface area contributed by atoms with Crippen LogP contribution in [0.1, 0.15) is 25.8 Å². The second-order valence-corrected chi connectivity index (χ2v) is 5.45. The highest BCUT2D eigenvalue weighted by Gasteiger charge is 1.96. The average Bonchev–Trinajstić information content (AvgIpc) is 2.12. The van der Waals surface area contributed by atoms with Crippen LogP contribution in [0.25, 0.3) is 0 Å². The summed E-state index contributed by atoms with van der Waals surface area (Å²) >= 11 is 2.02. The summed E-state index contributed by atoms with van der Waals surface area (Å²) < 4.78 is 0. The Balaban J connectivity index is 2.25. The lowest BCUT2D eigenvalue weighted by Gasteiger charge is -2.05. The molecule has 0 aromatic heterocycles. The molecule has 0 aliphatic rings. The lowest BCUT2D eigenvalue weighted by Crippen LogP contribution is -1.93. The third-order valence-corrected chi connectivity index (χ3v) is 3.20. The number of hydrogen-bond acceptors (Lipinski definition) is 2. The number of anilines is 1. The van der Waals surface area contributed by atoms with E-state index in [9.17, 15) is 0 Å². The molecule has 2 N–H and O–H groups in total. The number of rotatable bonds is 5. The summed E-state index contributed by atoms with van der Waals surface area (Å²) in [6.45, 7) is 4.48. The standard InChI is InChI=1S/C12H19NS/c1-10(2)14-8-4-6-11-5-3-7-12(13)9-11/h3,5,7,9-10H,4,6,8,13H2,1-2H3. The summed E-state index contributed by atoms with van der Waals surface area (Å²) in [5, 5.41) is 0.746. The summed E-state index contributed by atoms with van der Waals surface area (Å²) in [4.78, 5) is 0. The van der Waals surface area contributed by atoms with Gasteiger partial charge in [0.15, 0.2) is 0 Å². The summed E-state index contributed by atoms with van der Waals surface area (Å²) in [5.41, 5.74) is 7.94. The molecule has 0 saturated carbocycles. The molecule has 0 bridgehead atoms. The Hall–Kier alpha value is -0.630. The zero-order chi connectivity index (χ0) is 10.4. The quantitative estimate of drug-likeness (QED) is 0.594. The molecule has 0 fully saturated rings. The van der Waals surface area contributed by atoms with Gasteiger partial charge in [-0.1, -0.05) is 26.0 Å². The number of hydrogen-bond donors (Lipinski definition) is 1. The summed E-state index contributed by atoms with van der Waals surface area (Å²) in [6, 6.07) is 8.18. The van der Waals surface area contributed by atoms with Gasteiger partial charge in [0.2, 0.25) is 0 Å². The van der Waals surface area contributed by atoms with Crippen LogP contribution in [0.15, 0.2) is 24.3 Å². The molecule has 0 saturated heterocycles. The highest BCUT2D eigenvalue weighted by atomic mass is 32.2.